The summed E-state index contributed by atoms with van der Waals surface area (Å²) in [5.41, 5.74) is 2.34. The van der Waals surface area contributed by atoms with Gasteiger partial charge in [-0.3, -0.25) is 4.79 Å². The molecular formula is C26H23ClN4O6. The van der Waals surface area contributed by atoms with Crippen LogP contribution < -0.4 is 29.6 Å². The SMILES string of the molecule is CNC(=O)Oc1cc(Oc2cccc(-c3c[nH]c(C(=O)Nc4cc(OC)c(Cl)cc4OC)c3)c2)ccn1. The molecule has 0 unspecified atom stereocenters. The van der Waals surface area contributed by atoms with Crippen LogP contribution in [0.15, 0.2) is 67.0 Å². The van der Waals surface area contributed by atoms with Crippen LogP contribution in [0.5, 0.6) is 28.9 Å². The van der Waals surface area contributed by atoms with Gasteiger partial charge in [0, 0.05) is 43.2 Å². The van der Waals surface area contributed by atoms with E-state index < -0.39 is 6.09 Å². The second-order valence-electron chi connectivity index (χ2n) is 7.54. The van der Waals surface area contributed by atoms with E-state index in [-0.39, 0.29) is 11.8 Å². The van der Waals surface area contributed by atoms with Gasteiger partial charge in [-0.05, 0) is 29.8 Å². The maximum Gasteiger partial charge on any atom is 0.413 e. The van der Waals surface area contributed by atoms with E-state index >= 15 is 0 Å². The maximum atomic E-state index is 12.9. The lowest BCUT2D eigenvalue weighted by Crippen LogP contribution is -2.22. The summed E-state index contributed by atoms with van der Waals surface area (Å²) in [5.74, 6) is 1.51. The normalized spacial score (nSPS) is 10.4. The van der Waals surface area contributed by atoms with Crippen LogP contribution in [-0.4, -0.2) is 43.2 Å². The minimum Gasteiger partial charge on any atom is -0.495 e. The van der Waals surface area contributed by atoms with Gasteiger partial charge in [0.05, 0.1) is 24.9 Å². The molecule has 10 nitrogen and oxygen atoms in total. The molecule has 0 spiro atoms. The standard InChI is InChI=1S/C26H23ClN4O6/c1-28-26(33)37-24-11-18(7-8-29-24)36-17-6-4-5-15(9-17)16-10-21(30-14-16)25(32)31-20-13-22(34-2)19(27)12-23(20)35-3/h4-14,30H,1-3H3,(H,28,33)(H,31,32). The molecule has 4 aromatic rings. The summed E-state index contributed by atoms with van der Waals surface area (Å²) in [4.78, 5) is 31.3. The van der Waals surface area contributed by atoms with Gasteiger partial charge < -0.3 is 34.6 Å². The lowest BCUT2D eigenvalue weighted by Gasteiger charge is -2.12. The number of aromatic amines is 1. The van der Waals surface area contributed by atoms with Crippen molar-refractivity contribution >= 4 is 29.3 Å². The number of H-pyrrole nitrogens is 1. The van der Waals surface area contributed by atoms with Gasteiger partial charge in [-0.25, -0.2) is 9.78 Å². The van der Waals surface area contributed by atoms with Crippen LogP contribution in [0.2, 0.25) is 5.02 Å². The van der Waals surface area contributed by atoms with Crippen molar-refractivity contribution in [2.75, 3.05) is 26.6 Å². The fraction of sp³-hybridized carbons (Fsp3) is 0.115. The molecule has 0 fully saturated rings. The van der Waals surface area contributed by atoms with Crippen molar-refractivity contribution in [3.63, 3.8) is 0 Å². The van der Waals surface area contributed by atoms with E-state index in [0.717, 1.165) is 11.1 Å². The zero-order valence-electron chi connectivity index (χ0n) is 20.1. The first-order valence-electron chi connectivity index (χ1n) is 11.0. The van der Waals surface area contributed by atoms with Gasteiger partial charge in [0.25, 0.3) is 5.91 Å². The Kier molecular flexibility index (Phi) is 7.80. The summed E-state index contributed by atoms with van der Waals surface area (Å²) < 4.78 is 21.5. The van der Waals surface area contributed by atoms with E-state index in [1.165, 1.54) is 33.5 Å². The third-order valence-corrected chi connectivity index (χ3v) is 5.46. The molecule has 3 N–H and O–H groups in total. The highest BCUT2D eigenvalue weighted by Crippen LogP contribution is 2.36. The fourth-order valence-electron chi connectivity index (χ4n) is 3.37. The number of benzene rings is 2. The first-order chi connectivity index (χ1) is 17.9. The summed E-state index contributed by atoms with van der Waals surface area (Å²) >= 11 is 6.14. The Morgan fingerprint density at radius 3 is 2.49 bits per heavy atom. The van der Waals surface area contributed by atoms with E-state index in [1.807, 2.05) is 18.2 Å². The van der Waals surface area contributed by atoms with Crippen molar-refractivity contribution in [2.24, 2.45) is 0 Å². The van der Waals surface area contributed by atoms with Crippen LogP contribution in [0.25, 0.3) is 11.1 Å². The molecule has 0 saturated carbocycles. The molecule has 11 heteroatoms. The number of carbonyl (C=O) groups excluding carboxylic acids is 2. The van der Waals surface area contributed by atoms with Crippen LogP contribution in [0.1, 0.15) is 10.5 Å². The molecule has 4 rings (SSSR count). The summed E-state index contributed by atoms with van der Waals surface area (Å²) in [7, 11) is 4.42. The molecule has 2 aromatic heterocycles. The molecule has 0 aliphatic rings. The van der Waals surface area contributed by atoms with E-state index in [1.54, 1.807) is 36.5 Å². The minimum atomic E-state index is -0.632. The number of methoxy groups -OCH3 is 2. The highest BCUT2D eigenvalue weighted by Gasteiger charge is 2.16. The quantitative estimate of drug-likeness (QED) is 0.279. The predicted octanol–water partition coefficient (Wildman–Crippen LogP) is 5.51. The van der Waals surface area contributed by atoms with Gasteiger partial charge in [-0.1, -0.05) is 23.7 Å². The van der Waals surface area contributed by atoms with Crippen molar-refractivity contribution in [1.29, 1.82) is 0 Å². The number of amides is 2. The Balaban J connectivity index is 1.50. The van der Waals surface area contributed by atoms with Crippen molar-refractivity contribution in [2.45, 2.75) is 0 Å². The number of hydrogen-bond acceptors (Lipinski definition) is 7. The zero-order valence-corrected chi connectivity index (χ0v) is 20.9. The molecule has 2 heterocycles. The molecule has 37 heavy (non-hydrogen) atoms. The lowest BCUT2D eigenvalue weighted by atomic mass is 10.1. The highest BCUT2D eigenvalue weighted by atomic mass is 35.5. The van der Waals surface area contributed by atoms with Crippen LogP contribution >= 0.6 is 11.6 Å². The number of hydrogen-bond donors (Lipinski definition) is 3. The van der Waals surface area contributed by atoms with Crippen molar-refractivity contribution in [3.05, 3.63) is 77.7 Å². The smallest absolute Gasteiger partial charge is 0.413 e. The summed E-state index contributed by atoms with van der Waals surface area (Å²) in [6.07, 6.45) is 2.56. The topological polar surface area (TPSA) is 124 Å². The molecule has 2 amide bonds. The molecule has 190 valence electrons. The molecule has 0 bridgehead atoms. The Morgan fingerprint density at radius 2 is 1.73 bits per heavy atom. The molecule has 0 saturated heterocycles. The Labute approximate surface area is 217 Å². The Hall–Kier alpha value is -4.70. The van der Waals surface area contributed by atoms with Crippen LogP contribution in [0.4, 0.5) is 10.5 Å². The molecule has 0 atom stereocenters. The molecule has 0 aliphatic heterocycles. The molecule has 0 aliphatic carbocycles. The number of aromatic nitrogens is 2. The lowest BCUT2D eigenvalue weighted by molar-refractivity contribution is 0.102. The van der Waals surface area contributed by atoms with Crippen molar-refractivity contribution in [1.82, 2.24) is 15.3 Å². The van der Waals surface area contributed by atoms with Gasteiger partial charge in [0.2, 0.25) is 5.88 Å². The first kappa shape index (κ1) is 25.4. The minimum absolute atomic E-state index is 0.101. The van der Waals surface area contributed by atoms with Gasteiger partial charge in [0.1, 0.15) is 28.7 Å². The van der Waals surface area contributed by atoms with Crippen molar-refractivity contribution in [3.8, 4) is 40.0 Å². The number of nitrogens with one attached hydrogen (secondary N) is 3. The summed E-state index contributed by atoms with van der Waals surface area (Å²) in [6, 6.07) is 15.3. The van der Waals surface area contributed by atoms with Crippen LogP contribution in [0.3, 0.4) is 0 Å². The van der Waals surface area contributed by atoms with Gasteiger partial charge >= 0.3 is 6.09 Å². The van der Waals surface area contributed by atoms with Gasteiger partial charge in [-0.15, -0.1) is 0 Å². The number of ether oxygens (including phenoxy) is 4. The fourth-order valence-corrected chi connectivity index (χ4v) is 3.60. The summed E-state index contributed by atoms with van der Waals surface area (Å²) in [6.45, 7) is 0. The average Bonchev–Trinajstić information content (AvgIpc) is 3.40. The van der Waals surface area contributed by atoms with E-state index in [9.17, 15) is 9.59 Å². The summed E-state index contributed by atoms with van der Waals surface area (Å²) in [5, 5.41) is 5.53. The number of halogens is 1. The van der Waals surface area contributed by atoms with Crippen LogP contribution in [0, 0.1) is 0 Å². The number of anilines is 1. The number of pyridine rings is 1. The second kappa shape index (κ2) is 11.4. The van der Waals surface area contributed by atoms with Gasteiger partial charge in [0.15, 0.2) is 0 Å². The maximum absolute atomic E-state index is 12.9. The van der Waals surface area contributed by atoms with Gasteiger partial charge in [-0.2, -0.15) is 0 Å². The largest absolute Gasteiger partial charge is 0.495 e. The van der Waals surface area contributed by atoms with Crippen molar-refractivity contribution < 1.29 is 28.5 Å². The average molecular weight is 523 g/mol. The molecule has 0 radical (unpaired) electrons. The monoisotopic (exact) mass is 522 g/mol. The van der Waals surface area contributed by atoms with E-state index in [0.29, 0.717) is 39.4 Å². The third kappa shape index (κ3) is 6.11. The number of rotatable bonds is 8. The predicted molar refractivity (Wildman–Crippen MR) is 138 cm³/mol. The Bertz CT molecular complexity index is 1440. The first-order valence-corrected chi connectivity index (χ1v) is 11.3. The zero-order chi connectivity index (χ0) is 26.4. The number of carbonyl (C=O) groups is 2. The highest BCUT2D eigenvalue weighted by molar-refractivity contribution is 6.32. The van der Waals surface area contributed by atoms with E-state index in [2.05, 4.69) is 20.6 Å². The number of nitrogens with zero attached hydrogens (tertiary/aromatic N) is 1. The second-order valence-corrected chi connectivity index (χ2v) is 7.95. The van der Waals surface area contributed by atoms with Crippen LogP contribution in [-0.2, 0) is 0 Å². The third-order valence-electron chi connectivity index (χ3n) is 5.16. The Morgan fingerprint density at radius 1 is 0.946 bits per heavy atom. The molecule has 2 aromatic carbocycles. The van der Waals surface area contributed by atoms with E-state index in [4.69, 9.17) is 30.5 Å². The molecular weight excluding hydrogens is 500 g/mol.